The topological polar surface area (TPSA) is 70.6 Å². The quantitative estimate of drug-likeness (QED) is 0.268. The molecule has 0 saturated heterocycles. The second-order valence-electron chi connectivity index (χ2n) is 5.45. The average molecular weight is 431 g/mol. The van der Waals surface area contributed by atoms with Crippen LogP contribution in [0.2, 0.25) is 0 Å². The van der Waals surface area contributed by atoms with Gasteiger partial charge in [-0.25, -0.2) is 8.42 Å². The van der Waals surface area contributed by atoms with Crippen molar-refractivity contribution < 1.29 is 8.42 Å². The molecule has 0 aromatic rings. The molecule has 0 aromatic heterocycles. The second kappa shape index (κ2) is 11.5. The van der Waals surface area contributed by atoms with Gasteiger partial charge in [-0.15, -0.1) is 24.0 Å². The van der Waals surface area contributed by atoms with Crippen molar-refractivity contribution in [2.45, 2.75) is 45.4 Å². The highest BCUT2D eigenvalue weighted by Crippen LogP contribution is 2.28. The number of nitrogens with zero attached hydrogens (tertiary/aromatic N) is 1. The summed E-state index contributed by atoms with van der Waals surface area (Å²) < 4.78 is 22.8. The summed E-state index contributed by atoms with van der Waals surface area (Å²) in [5, 5.41) is 6.29. The molecule has 1 aliphatic rings. The molecule has 1 fully saturated rings. The fourth-order valence-electron chi connectivity index (χ4n) is 2.59. The second-order valence-corrected chi connectivity index (χ2v) is 7.93. The van der Waals surface area contributed by atoms with Gasteiger partial charge in [0, 0.05) is 25.9 Å². The Balaban J connectivity index is 0.00000400. The van der Waals surface area contributed by atoms with Gasteiger partial charge in [0.05, 0.1) is 5.75 Å². The number of nitrogens with one attached hydrogen (secondary N) is 2. The summed E-state index contributed by atoms with van der Waals surface area (Å²) in [6.45, 7) is 2.99. The van der Waals surface area contributed by atoms with Crippen LogP contribution in [-0.2, 0) is 9.84 Å². The van der Waals surface area contributed by atoms with E-state index in [0.717, 1.165) is 18.9 Å². The lowest BCUT2D eigenvalue weighted by atomic mass is 10.0. The fraction of sp³-hybridized carbons (Fsp3) is 0.929. The number of rotatable bonds is 8. The van der Waals surface area contributed by atoms with Crippen molar-refractivity contribution in [1.29, 1.82) is 0 Å². The first-order valence-corrected chi connectivity index (χ1v) is 9.54. The van der Waals surface area contributed by atoms with Gasteiger partial charge in [0.25, 0.3) is 0 Å². The highest BCUT2D eigenvalue weighted by Gasteiger charge is 2.14. The molecule has 0 radical (unpaired) electrons. The van der Waals surface area contributed by atoms with Crippen LogP contribution in [0.25, 0.3) is 0 Å². The van der Waals surface area contributed by atoms with E-state index in [4.69, 9.17) is 0 Å². The normalized spacial score (nSPS) is 16.6. The maximum absolute atomic E-state index is 11.4. The zero-order valence-electron chi connectivity index (χ0n) is 13.2. The molecule has 5 nitrogen and oxygen atoms in total. The summed E-state index contributed by atoms with van der Waals surface area (Å²) in [5.74, 6) is 1.97. The third kappa shape index (κ3) is 9.55. The predicted molar refractivity (Wildman–Crippen MR) is 100 cm³/mol. The van der Waals surface area contributed by atoms with E-state index in [9.17, 15) is 8.42 Å². The Bertz CT molecular complexity index is 393. The fourth-order valence-corrected chi connectivity index (χ4v) is 3.29. The number of guanidine groups is 1. The van der Waals surface area contributed by atoms with Crippen LogP contribution in [0.1, 0.15) is 45.4 Å². The highest BCUT2D eigenvalue weighted by atomic mass is 127. The van der Waals surface area contributed by atoms with Gasteiger partial charge < -0.3 is 10.6 Å². The SMILES string of the molecule is CCS(=O)(=O)CCNC(=NC)NCCCC1CCCC1.I. The van der Waals surface area contributed by atoms with Crippen molar-refractivity contribution in [3.8, 4) is 0 Å². The lowest BCUT2D eigenvalue weighted by Gasteiger charge is -2.13. The van der Waals surface area contributed by atoms with E-state index in [1.807, 2.05) is 0 Å². The molecule has 0 spiro atoms. The third-order valence-corrected chi connectivity index (χ3v) is 5.63. The molecule has 0 atom stereocenters. The molecular formula is C14H30IN3O2S. The van der Waals surface area contributed by atoms with E-state index < -0.39 is 9.84 Å². The van der Waals surface area contributed by atoms with Crippen LogP contribution in [0.4, 0.5) is 0 Å². The monoisotopic (exact) mass is 431 g/mol. The van der Waals surface area contributed by atoms with Crippen LogP contribution in [-0.4, -0.2) is 46.0 Å². The van der Waals surface area contributed by atoms with Crippen molar-refractivity contribution in [3.63, 3.8) is 0 Å². The smallest absolute Gasteiger partial charge is 0.191 e. The van der Waals surface area contributed by atoms with Gasteiger partial charge in [0.2, 0.25) is 0 Å². The van der Waals surface area contributed by atoms with E-state index in [-0.39, 0.29) is 35.5 Å². The van der Waals surface area contributed by atoms with Crippen LogP contribution < -0.4 is 10.6 Å². The predicted octanol–water partition coefficient (Wildman–Crippen LogP) is 2.17. The van der Waals surface area contributed by atoms with Crippen molar-refractivity contribution in [1.82, 2.24) is 10.6 Å². The minimum Gasteiger partial charge on any atom is -0.356 e. The Morgan fingerprint density at radius 1 is 1.19 bits per heavy atom. The first kappa shape index (κ1) is 20.9. The summed E-state index contributed by atoms with van der Waals surface area (Å²) in [4.78, 5) is 4.10. The molecule has 1 saturated carbocycles. The van der Waals surface area contributed by atoms with Gasteiger partial charge in [-0.05, 0) is 18.8 Å². The molecular weight excluding hydrogens is 401 g/mol. The molecule has 0 amide bonds. The summed E-state index contributed by atoms with van der Waals surface area (Å²) in [6, 6.07) is 0. The molecule has 0 unspecified atom stereocenters. The van der Waals surface area contributed by atoms with Gasteiger partial charge >= 0.3 is 0 Å². The first-order chi connectivity index (χ1) is 9.57. The minimum absolute atomic E-state index is 0. The van der Waals surface area contributed by atoms with E-state index >= 15 is 0 Å². The average Bonchev–Trinajstić information content (AvgIpc) is 2.94. The van der Waals surface area contributed by atoms with Crippen LogP contribution in [0, 0.1) is 5.92 Å². The van der Waals surface area contributed by atoms with Crippen molar-refractivity contribution in [2.24, 2.45) is 10.9 Å². The van der Waals surface area contributed by atoms with Crippen LogP contribution in [0.15, 0.2) is 4.99 Å². The van der Waals surface area contributed by atoms with E-state index in [1.165, 1.54) is 32.1 Å². The van der Waals surface area contributed by atoms with Gasteiger partial charge in [0.1, 0.15) is 0 Å². The standard InChI is InChI=1S/C14H29N3O2S.HI/c1-3-20(18,19)12-11-17-14(15-2)16-10-6-9-13-7-4-5-8-13;/h13H,3-12H2,1-2H3,(H2,15,16,17);1H. The Hall–Kier alpha value is -0.0500. The molecule has 0 heterocycles. The van der Waals surface area contributed by atoms with Gasteiger partial charge in [-0.1, -0.05) is 32.6 Å². The number of hydrogen-bond donors (Lipinski definition) is 2. The Morgan fingerprint density at radius 3 is 2.38 bits per heavy atom. The summed E-state index contributed by atoms with van der Waals surface area (Å²) >= 11 is 0. The van der Waals surface area contributed by atoms with Crippen molar-refractivity contribution >= 4 is 39.8 Å². The van der Waals surface area contributed by atoms with Gasteiger partial charge in [-0.3, -0.25) is 4.99 Å². The molecule has 2 N–H and O–H groups in total. The third-order valence-electron chi connectivity index (χ3n) is 3.93. The van der Waals surface area contributed by atoms with Crippen LogP contribution >= 0.6 is 24.0 Å². The summed E-state index contributed by atoms with van der Waals surface area (Å²) in [7, 11) is -1.20. The molecule has 0 aliphatic heterocycles. The zero-order chi connectivity index (χ0) is 14.8. The maximum atomic E-state index is 11.4. The van der Waals surface area contributed by atoms with Gasteiger partial charge in [-0.2, -0.15) is 0 Å². The molecule has 1 rings (SSSR count). The maximum Gasteiger partial charge on any atom is 0.191 e. The number of aliphatic imine (C=N–C) groups is 1. The summed E-state index contributed by atoms with van der Waals surface area (Å²) in [5.41, 5.74) is 0. The molecule has 21 heavy (non-hydrogen) atoms. The van der Waals surface area contributed by atoms with Gasteiger partial charge in [0.15, 0.2) is 15.8 Å². The van der Waals surface area contributed by atoms with Crippen molar-refractivity contribution in [3.05, 3.63) is 0 Å². The Labute approximate surface area is 146 Å². The number of hydrogen-bond acceptors (Lipinski definition) is 3. The molecule has 0 aromatic carbocycles. The molecule has 126 valence electrons. The Kier molecular flexibility index (Phi) is 11.5. The number of halogens is 1. The largest absolute Gasteiger partial charge is 0.356 e. The zero-order valence-corrected chi connectivity index (χ0v) is 16.4. The van der Waals surface area contributed by atoms with Crippen LogP contribution in [0.5, 0.6) is 0 Å². The van der Waals surface area contributed by atoms with Crippen molar-refractivity contribution in [2.75, 3.05) is 31.6 Å². The molecule has 0 bridgehead atoms. The van der Waals surface area contributed by atoms with Crippen LogP contribution in [0.3, 0.4) is 0 Å². The molecule has 1 aliphatic carbocycles. The lowest BCUT2D eigenvalue weighted by molar-refractivity contribution is 0.481. The minimum atomic E-state index is -2.90. The van der Waals surface area contributed by atoms with E-state index in [0.29, 0.717) is 12.5 Å². The first-order valence-electron chi connectivity index (χ1n) is 7.72. The highest BCUT2D eigenvalue weighted by molar-refractivity contribution is 14.0. The number of sulfone groups is 1. The Morgan fingerprint density at radius 2 is 1.81 bits per heavy atom. The molecule has 7 heteroatoms. The lowest BCUT2D eigenvalue weighted by Crippen LogP contribution is -2.40. The van der Waals surface area contributed by atoms with E-state index in [1.54, 1.807) is 14.0 Å². The van der Waals surface area contributed by atoms with E-state index in [2.05, 4.69) is 15.6 Å². The summed E-state index contributed by atoms with van der Waals surface area (Å²) in [6.07, 6.45) is 8.01.